The molecule has 3 rings (SSSR count). The molecule has 1 aliphatic rings. The van der Waals surface area contributed by atoms with Gasteiger partial charge in [-0.25, -0.2) is 8.42 Å². The van der Waals surface area contributed by atoms with E-state index in [1.54, 1.807) is 36.4 Å². The van der Waals surface area contributed by atoms with Gasteiger partial charge in [0, 0.05) is 31.9 Å². The standard InChI is InChI=1S/C21H24N4O4S/c1-24-11-13-25(14-12-24)30(27,28)20-4-2-3-18(15-20)23-21(26)16-29-19-7-5-17(6-8-19)9-10-22/h2-8,15H,9,11-14,16H2,1H3,(H,23,26). The van der Waals surface area contributed by atoms with Gasteiger partial charge in [-0.2, -0.15) is 9.57 Å². The third-order valence-corrected chi connectivity index (χ3v) is 6.69. The Labute approximate surface area is 176 Å². The number of nitrogens with zero attached hydrogens (tertiary/aromatic N) is 3. The molecule has 8 nitrogen and oxygen atoms in total. The molecule has 0 atom stereocenters. The number of hydrogen-bond acceptors (Lipinski definition) is 6. The molecule has 158 valence electrons. The van der Waals surface area contributed by atoms with E-state index < -0.39 is 15.9 Å². The van der Waals surface area contributed by atoms with E-state index in [2.05, 4.69) is 16.3 Å². The molecule has 1 aliphatic heterocycles. The summed E-state index contributed by atoms with van der Waals surface area (Å²) in [4.78, 5) is 14.4. The van der Waals surface area contributed by atoms with Crippen LogP contribution in [0.2, 0.25) is 0 Å². The lowest BCUT2D eigenvalue weighted by Gasteiger charge is -2.31. The number of nitriles is 1. The van der Waals surface area contributed by atoms with Gasteiger partial charge in [0.2, 0.25) is 10.0 Å². The van der Waals surface area contributed by atoms with Gasteiger partial charge in [0.05, 0.1) is 17.4 Å². The minimum absolute atomic E-state index is 0.152. The second kappa shape index (κ2) is 9.71. The third kappa shape index (κ3) is 5.57. The molecule has 0 radical (unpaired) electrons. The minimum atomic E-state index is -3.61. The molecule has 2 aromatic rings. The summed E-state index contributed by atoms with van der Waals surface area (Å²) in [6.07, 6.45) is 0.314. The van der Waals surface area contributed by atoms with Gasteiger partial charge in [0.25, 0.3) is 5.91 Å². The first kappa shape index (κ1) is 21.8. The van der Waals surface area contributed by atoms with E-state index in [-0.39, 0.29) is 11.5 Å². The van der Waals surface area contributed by atoms with Crippen LogP contribution < -0.4 is 10.1 Å². The van der Waals surface area contributed by atoms with Gasteiger partial charge >= 0.3 is 0 Å². The normalized spacial score (nSPS) is 15.3. The van der Waals surface area contributed by atoms with E-state index in [0.29, 0.717) is 44.0 Å². The van der Waals surface area contributed by atoms with Crippen LogP contribution in [-0.4, -0.2) is 63.4 Å². The highest BCUT2D eigenvalue weighted by Gasteiger charge is 2.27. The Bertz CT molecular complexity index is 1020. The lowest BCUT2D eigenvalue weighted by molar-refractivity contribution is -0.118. The monoisotopic (exact) mass is 428 g/mol. The van der Waals surface area contributed by atoms with Gasteiger partial charge in [0.1, 0.15) is 5.75 Å². The number of likely N-dealkylation sites (N-methyl/N-ethyl adjacent to an activating group) is 1. The second-order valence-electron chi connectivity index (χ2n) is 7.05. The van der Waals surface area contributed by atoms with E-state index in [4.69, 9.17) is 10.00 Å². The van der Waals surface area contributed by atoms with E-state index in [9.17, 15) is 13.2 Å². The van der Waals surface area contributed by atoms with Crippen LogP contribution in [0, 0.1) is 11.3 Å². The topological polar surface area (TPSA) is 103 Å². The molecule has 1 amide bonds. The quantitative estimate of drug-likeness (QED) is 0.720. The SMILES string of the molecule is CN1CCN(S(=O)(=O)c2cccc(NC(=O)COc3ccc(CC#N)cc3)c2)CC1. The first-order valence-corrected chi connectivity index (χ1v) is 11.0. The van der Waals surface area contributed by atoms with E-state index in [0.717, 1.165) is 5.56 Å². The molecule has 0 spiro atoms. The third-order valence-electron chi connectivity index (χ3n) is 4.79. The summed E-state index contributed by atoms with van der Waals surface area (Å²) in [5.74, 6) is 0.114. The molecule has 9 heteroatoms. The highest BCUT2D eigenvalue weighted by Crippen LogP contribution is 2.21. The van der Waals surface area contributed by atoms with Crippen LogP contribution in [0.3, 0.4) is 0 Å². The van der Waals surface area contributed by atoms with Crippen molar-refractivity contribution in [3.63, 3.8) is 0 Å². The predicted molar refractivity (Wildman–Crippen MR) is 113 cm³/mol. The molecule has 2 aromatic carbocycles. The highest BCUT2D eigenvalue weighted by molar-refractivity contribution is 7.89. The highest BCUT2D eigenvalue weighted by atomic mass is 32.2. The first-order chi connectivity index (χ1) is 14.4. The largest absolute Gasteiger partial charge is 0.484 e. The van der Waals surface area contributed by atoms with Gasteiger partial charge in [-0.1, -0.05) is 18.2 Å². The fraction of sp³-hybridized carbons (Fsp3) is 0.333. The summed E-state index contributed by atoms with van der Waals surface area (Å²) in [5.41, 5.74) is 1.26. The van der Waals surface area contributed by atoms with Crippen molar-refractivity contribution in [2.45, 2.75) is 11.3 Å². The molecular formula is C21H24N4O4S. The van der Waals surface area contributed by atoms with Crippen LogP contribution in [0.5, 0.6) is 5.75 Å². The Balaban J connectivity index is 1.59. The van der Waals surface area contributed by atoms with Gasteiger partial charge in [-0.3, -0.25) is 4.79 Å². The fourth-order valence-electron chi connectivity index (χ4n) is 3.05. The van der Waals surface area contributed by atoms with Crippen LogP contribution in [0.1, 0.15) is 5.56 Å². The number of rotatable bonds is 7. The van der Waals surface area contributed by atoms with Crippen molar-refractivity contribution in [2.24, 2.45) is 0 Å². The molecule has 0 aliphatic carbocycles. The van der Waals surface area contributed by atoms with Gasteiger partial charge in [-0.05, 0) is 42.9 Å². The second-order valence-corrected chi connectivity index (χ2v) is 8.99. The maximum Gasteiger partial charge on any atom is 0.262 e. The molecule has 30 heavy (non-hydrogen) atoms. The summed E-state index contributed by atoms with van der Waals surface area (Å²) >= 11 is 0. The lowest BCUT2D eigenvalue weighted by Crippen LogP contribution is -2.47. The first-order valence-electron chi connectivity index (χ1n) is 9.56. The molecule has 1 heterocycles. The minimum Gasteiger partial charge on any atom is -0.484 e. The van der Waals surface area contributed by atoms with Crippen LogP contribution in [0.25, 0.3) is 0 Å². The zero-order valence-corrected chi connectivity index (χ0v) is 17.6. The van der Waals surface area contributed by atoms with Crippen LogP contribution in [0.15, 0.2) is 53.4 Å². The van der Waals surface area contributed by atoms with Crippen molar-refractivity contribution in [3.8, 4) is 11.8 Å². The summed E-state index contributed by atoms with van der Waals surface area (Å²) < 4.78 is 32.6. The van der Waals surface area contributed by atoms with E-state index in [1.165, 1.54) is 16.4 Å². The summed E-state index contributed by atoms with van der Waals surface area (Å²) in [6.45, 7) is 2.04. The number of benzene rings is 2. The lowest BCUT2D eigenvalue weighted by atomic mass is 10.2. The van der Waals surface area contributed by atoms with Crippen molar-refractivity contribution in [1.29, 1.82) is 5.26 Å². The number of amides is 1. The average molecular weight is 429 g/mol. The number of hydrogen-bond donors (Lipinski definition) is 1. The Kier molecular flexibility index (Phi) is 7.05. The molecule has 1 N–H and O–H groups in total. The van der Waals surface area contributed by atoms with Crippen LogP contribution in [-0.2, 0) is 21.2 Å². The molecule has 1 saturated heterocycles. The number of anilines is 1. The maximum atomic E-state index is 12.9. The maximum absolute atomic E-state index is 12.9. The number of ether oxygens (including phenoxy) is 1. The Morgan fingerprint density at radius 2 is 1.83 bits per heavy atom. The Hall–Kier alpha value is -2.93. The van der Waals surface area contributed by atoms with Crippen molar-refractivity contribution < 1.29 is 17.9 Å². The number of piperazine rings is 1. The van der Waals surface area contributed by atoms with Crippen LogP contribution >= 0.6 is 0 Å². The average Bonchev–Trinajstić information content (AvgIpc) is 2.74. The number of carbonyl (C=O) groups excluding carboxylic acids is 1. The fourth-order valence-corrected chi connectivity index (χ4v) is 4.52. The zero-order valence-electron chi connectivity index (χ0n) is 16.7. The van der Waals surface area contributed by atoms with Crippen molar-refractivity contribution in [2.75, 3.05) is 45.2 Å². The molecule has 0 saturated carbocycles. The Morgan fingerprint density at radius 1 is 1.13 bits per heavy atom. The van der Waals surface area contributed by atoms with E-state index in [1.807, 2.05) is 7.05 Å². The number of nitrogens with one attached hydrogen (secondary N) is 1. The smallest absolute Gasteiger partial charge is 0.262 e. The van der Waals surface area contributed by atoms with Crippen LogP contribution in [0.4, 0.5) is 5.69 Å². The van der Waals surface area contributed by atoms with Gasteiger partial charge in [0.15, 0.2) is 6.61 Å². The summed E-state index contributed by atoms with van der Waals surface area (Å²) in [5, 5.41) is 11.4. The Morgan fingerprint density at radius 3 is 2.50 bits per heavy atom. The van der Waals surface area contributed by atoms with Gasteiger partial charge in [-0.15, -0.1) is 0 Å². The summed E-state index contributed by atoms with van der Waals surface area (Å²) in [7, 11) is -1.65. The summed E-state index contributed by atoms with van der Waals surface area (Å²) in [6, 6.07) is 15.2. The van der Waals surface area contributed by atoms with Crippen molar-refractivity contribution in [3.05, 3.63) is 54.1 Å². The molecular weight excluding hydrogens is 404 g/mol. The number of carbonyl (C=O) groups is 1. The number of sulfonamides is 1. The van der Waals surface area contributed by atoms with Crippen molar-refractivity contribution in [1.82, 2.24) is 9.21 Å². The molecule has 0 unspecified atom stereocenters. The zero-order chi connectivity index (χ0) is 21.6. The van der Waals surface area contributed by atoms with Gasteiger partial charge < -0.3 is 15.0 Å². The molecule has 0 aromatic heterocycles. The molecule has 0 bridgehead atoms. The molecule has 1 fully saturated rings. The van der Waals surface area contributed by atoms with Crippen molar-refractivity contribution >= 4 is 21.6 Å². The van der Waals surface area contributed by atoms with E-state index >= 15 is 0 Å². The predicted octanol–water partition coefficient (Wildman–Crippen LogP) is 1.71.